The molecule has 1 N–H and O–H groups in total. The third-order valence-corrected chi connectivity index (χ3v) is 2.43. The van der Waals surface area contributed by atoms with Gasteiger partial charge in [-0.3, -0.25) is 14.6 Å². The van der Waals surface area contributed by atoms with Gasteiger partial charge >= 0.3 is 0 Å². The van der Waals surface area contributed by atoms with Crippen molar-refractivity contribution in [3.8, 4) is 0 Å². The van der Waals surface area contributed by atoms with E-state index in [0.29, 0.717) is 19.8 Å². The normalized spacial score (nSPS) is 19.6. The molecule has 5 nitrogen and oxygen atoms in total. The molecule has 0 radical (unpaired) electrons. The second-order valence-corrected chi connectivity index (χ2v) is 3.68. The van der Waals surface area contributed by atoms with Crippen molar-refractivity contribution in [1.29, 1.82) is 0 Å². The number of rotatable bonds is 4. The molecule has 0 aromatic carbocycles. The summed E-state index contributed by atoms with van der Waals surface area (Å²) in [5.74, 6) is -0.185. The second-order valence-electron chi connectivity index (χ2n) is 3.68. The lowest BCUT2D eigenvalue weighted by atomic mass is 10.1. The van der Waals surface area contributed by atoms with Crippen LogP contribution in [-0.2, 0) is 21.0 Å². The summed E-state index contributed by atoms with van der Waals surface area (Å²) in [7, 11) is 0. The van der Waals surface area contributed by atoms with Gasteiger partial charge in [-0.15, -0.1) is 0 Å². The zero-order valence-corrected chi connectivity index (χ0v) is 8.89. The van der Waals surface area contributed by atoms with Crippen LogP contribution in [0.5, 0.6) is 0 Å². The molecule has 1 aliphatic heterocycles. The summed E-state index contributed by atoms with van der Waals surface area (Å²) in [6.45, 7) is 1.47. The molecule has 5 heteroatoms. The number of aromatic nitrogens is 1. The van der Waals surface area contributed by atoms with E-state index in [4.69, 9.17) is 9.57 Å². The Morgan fingerprint density at radius 2 is 2.62 bits per heavy atom. The van der Waals surface area contributed by atoms with Crippen LogP contribution in [-0.4, -0.2) is 24.1 Å². The number of ether oxygens (including phenoxy) is 1. The number of hydrogen-bond acceptors (Lipinski definition) is 4. The summed E-state index contributed by atoms with van der Waals surface area (Å²) in [6, 6.07) is 3.71. The van der Waals surface area contributed by atoms with Crippen LogP contribution in [0.2, 0.25) is 0 Å². The molecule has 1 aromatic heterocycles. The predicted octanol–water partition coefficient (Wildman–Crippen LogP) is 0.666. The highest BCUT2D eigenvalue weighted by atomic mass is 16.7. The molecule has 0 saturated carbocycles. The standard InChI is InChI=1S/C11H14N2O3/c14-11(10-3-5-15-8-10)13-16-7-9-2-1-4-12-6-9/h1-2,4,6,10H,3,5,7-8H2,(H,13,14). The van der Waals surface area contributed by atoms with Gasteiger partial charge in [0.25, 0.3) is 0 Å². The largest absolute Gasteiger partial charge is 0.381 e. The third kappa shape index (κ3) is 3.01. The molecule has 86 valence electrons. The summed E-state index contributed by atoms with van der Waals surface area (Å²) >= 11 is 0. The fraction of sp³-hybridized carbons (Fsp3) is 0.455. The van der Waals surface area contributed by atoms with E-state index in [1.54, 1.807) is 12.4 Å². The number of nitrogens with one attached hydrogen (secondary N) is 1. The van der Waals surface area contributed by atoms with E-state index >= 15 is 0 Å². The van der Waals surface area contributed by atoms with Crippen molar-refractivity contribution >= 4 is 5.91 Å². The monoisotopic (exact) mass is 222 g/mol. The molecular weight excluding hydrogens is 208 g/mol. The maximum Gasteiger partial charge on any atom is 0.249 e. The number of pyridine rings is 1. The van der Waals surface area contributed by atoms with Crippen molar-refractivity contribution in [3.05, 3.63) is 30.1 Å². The van der Waals surface area contributed by atoms with Gasteiger partial charge in [-0.2, -0.15) is 0 Å². The average molecular weight is 222 g/mol. The Kier molecular flexibility index (Phi) is 3.85. The molecule has 0 bridgehead atoms. The molecule has 1 fully saturated rings. The Labute approximate surface area is 93.7 Å². The van der Waals surface area contributed by atoms with Crippen molar-refractivity contribution in [2.45, 2.75) is 13.0 Å². The number of hydrogen-bond donors (Lipinski definition) is 1. The lowest BCUT2D eigenvalue weighted by Gasteiger charge is -2.08. The predicted molar refractivity (Wildman–Crippen MR) is 56.1 cm³/mol. The van der Waals surface area contributed by atoms with Gasteiger partial charge in [0.2, 0.25) is 5.91 Å². The Morgan fingerprint density at radius 1 is 1.69 bits per heavy atom. The van der Waals surface area contributed by atoms with Crippen LogP contribution in [0.1, 0.15) is 12.0 Å². The Bertz CT molecular complexity index is 336. The SMILES string of the molecule is O=C(NOCc1cccnc1)C1CCOC1. The van der Waals surface area contributed by atoms with Crippen molar-refractivity contribution in [1.82, 2.24) is 10.5 Å². The number of hydroxylamine groups is 1. The molecule has 1 saturated heterocycles. The highest BCUT2D eigenvalue weighted by molar-refractivity contribution is 5.77. The van der Waals surface area contributed by atoms with E-state index < -0.39 is 0 Å². The maximum absolute atomic E-state index is 11.5. The Morgan fingerprint density at radius 3 is 3.31 bits per heavy atom. The highest BCUT2D eigenvalue weighted by Gasteiger charge is 2.23. The van der Waals surface area contributed by atoms with Gasteiger partial charge in [-0.1, -0.05) is 6.07 Å². The Hall–Kier alpha value is -1.46. The van der Waals surface area contributed by atoms with Gasteiger partial charge in [0, 0.05) is 19.0 Å². The van der Waals surface area contributed by atoms with Crippen LogP contribution in [0.3, 0.4) is 0 Å². The van der Waals surface area contributed by atoms with E-state index in [0.717, 1.165) is 12.0 Å². The molecule has 1 amide bonds. The number of carbonyl (C=O) groups excluding carboxylic acids is 1. The average Bonchev–Trinajstić information content (AvgIpc) is 2.84. The highest BCUT2D eigenvalue weighted by Crippen LogP contribution is 2.11. The van der Waals surface area contributed by atoms with Gasteiger partial charge in [-0.25, -0.2) is 5.48 Å². The molecule has 0 spiro atoms. The summed E-state index contributed by atoms with van der Waals surface area (Å²) in [4.78, 5) is 20.5. The van der Waals surface area contributed by atoms with Crippen molar-refractivity contribution in [2.75, 3.05) is 13.2 Å². The van der Waals surface area contributed by atoms with Crippen molar-refractivity contribution < 1.29 is 14.4 Å². The summed E-state index contributed by atoms with van der Waals surface area (Å²) in [5.41, 5.74) is 3.35. The van der Waals surface area contributed by atoms with Gasteiger partial charge in [-0.05, 0) is 18.1 Å². The van der Waals surface area contributed by atoms with Crippen molar-refractivity contribution in [2.24, 2.45) is 5.92 Å². The first-order valence-corrected chi connectivity index (χ1v) is 5.24. The number of amides is 1. The van der Waals surface area contributed by atoms with E-state index in [2.05, 4.69) is 10.5 Å². The third-order valence-electron chi connectivity index (χ3n) is 2.43. The van der Waals surface area contributed by atoms with Gasteiger partial charge in [0.05, 0.1) is 12.5 Å². The molecule has 1 atom stereocenters. The number of carbonyl (C=O) groups is 1. The fourth-order valence-electron chi connectivity index (χ4n) is 1.50. The fourth-order valence-corrected chi connectivity index (χ4v) is 1.50. The van der Waals surface area contributed by atoms with Crippen LogP contribution < -0.4 is 5.48 Å². The first kappa shape index (κ1) is 11.0. The quantitative estimate of drug-likeness (QED) is 0.760. The summed E-state index contributed by atoms with van der Waals surface area (Å²) < 4.78 is 5.12. The van der Waals surface area contributed by atoms with Crippen LogP contribution in [0, 0.1) is 5.92 Å². The Balaban J connectivity index is 1.70. The van der Waals surface area contributed by atoms with Crippen LogP contribution in [0.15, 0.2) is 24.5 Å². The topological polar surface area (TPSA) is 60.5 Å². The molecule has 2 heterocycles. The van der Waals surface area contributed by atoms with Crippen LogP contribution >= 0.6 is 0 Å². The molecule has 16 heavy (non-hydrogen) atoms. The minimum absolute atomic E-state index is 0.0751. The van der Waals surface area contributed by atoms with E-state index in [1.807, 2.05) is 12.1 Å². The maximum atomic E-state index is 11.5. The molecule has 0 aliphatic carbocycles. The van der Waals surface area contributed by atoms with Gasteiger partial charge < -0.3 is 4.74 Å². The molecular formula is C11H14N2O3. The lowest BCUT2D eigenvalue weighted by molar-refractivity contribution is -0.138. The summed E-state index contributed by atoms with van der Waals surface area (Å²) in [6.07, 6.45) is 4.16. The minimum Gasteiger partial charge on any atom is -0.381 e. The molecule has 1 aromatic rings. The minimum atomic E-state index is -0.110. The first-order chi connectivity index (χ1) is 7.86. The van der Waals surface area contributed by atoms with E-state index in [1.165, 1.54) is 0 Å². The van der Waals surface area contributed by atoms with E-state index in [9.17, 15) is 4.79 Å². The lowest BCUT2D eigenvalue weighted by Crippen LogP contribution is -2.30. The zero-order valence-electron chi connectivity index (χ0n) is 8.89. The second kappa shape index (κ2) is 5.58. The zero-order chi connectivity index (χ0) is 11.2. The van der Waals surface area contributed by atoms with Gasteiger partial charge in [0.15, 0.2) is 0 Å². The van der Waals surface area contributed by atoms with E-state index in [-0.39, 0.29) is 11.8 Å². The number of nitrogens with zero attached hydrogens (tertiary/aromatic N) is 1. The van der Waals surface area contributed by atoms with Crippen LogP contribution in [0.4, 0.5) is 0 Å². The van der Waals surface area contributed by atoms with Crippen LogP contribution in [0.25, 0.3) is 0 Å². The summed E-state index contributed by atoms with van der Waals surface area (Å²) in [5, 5.41) is 0. The van der Waals surface area contributed by atoms with Crippen molar-refractivity contribution in [3.63, 3.8) is 0 Å². The van der Waals surface area contributed by atoms with Gasteiger partial charge in [0.1, 0.15) is 6.61 Å². The molecule has 1 aliphatic rings. The smallest absolute Gasteiger partial charge is 0.249 e. The molecule has 1 unspecified atom stereocenters. The first-order valence-electron chi connectivity index (χ1n) is 5.24. The molecule has 2 rings (SSSR count).